The number of nitrogens with zero attached hydrogens (tertiary/aromatic N) is 2. The summed E-state index contributed by atoms with van der Waals surface area (Å²) < 4.78 is 5.60. The lowest BCUT2D eigenvalue weighted by molar-refractivity contribution is -0.139. The molecular formula is C12H13N3O2S. The average Bonchev–Trinajstić information content (AvgIpc) is 2.82. The largest absolute Gasteiger partial charge is 0.480 e. The summed E-state index contributed by atoms with van der Waals surface area (Å²) in [6, 6.07) is 7.53. The minimum atomic E-state index is -0.806. The molecule has 0 saturated carbocycles. The van der Waals surface area contributed by atoms with Gasteiger partial charge in [0.15, 0.2) is 0 Å². The molecule has 2 aromatic rings. The van der Waals surface area contributed by atoms with Crippen LogP contribution in [0.1, 0.15) is 0 Å². The van der Waals surface area contributed by atoms with Crippen molar-refractivity contribution in [2.75, 3.05) is 24.5 Å². The van der Waals surface area contributed by atoms with Crippen molar-refractivity contribution >= 4 is 33.4 Å². The third-order valence-electron chi connectivity index (χ3n) is 3.13. The van der Waals surface area contributed by atoms with Crippen LogP contribution in [0.2, 0.25) is 0 Å². The number of carboxylic acids is 1. The molecule has 0 aliphatic carbocycles. The lowest BCUT2D eigenvalue weighted by Gasteiger charge is -2.31. The first-order valence-electron chi connectivity index (χ1n) is 5.81. The maximum atomic E-state index is 11.0. The van der Waals surface area contributed by atoms with Gasteiger partial charge in [-0.2, -0.15) is 4.37 Å². The van der Waals surface area contributed by atoms with E-state index < -0.39 is 12.0 Å². The van der Waals surface area contributed by atoms with Gasteiger partial charge in [-0.25, -0.2) is 0 Å². The third-order valence-corrected chi connectivity index (χ3v) is 3.95. The fourth-order valence-electron chi connectivity index (χ4n) is 2.21. The maximum Gasteiger partial charge on any atom is 0.322 e. The van der Waals surface area contributed by atoms with Gasteiger partial charge in [0.05, 0.1) is 4.70 Å². The molecule has 2 heterocycles. The van der Waals surface area contributed by atoms with Gasteiger partial charge in [0.25, 0.3) is 0 Å². The molecule has 18 heavy (non-hydrogen) atoms. The predicted octanol–water partition coefficient (Wildman–Crippen LogP) is 1.16. The molecule has 1 saturated heterocycles. The molecule has 1 aliphatic rings. The van der Waals surface area contributed by atoms with Crippen LogP contribution in [0.5, 0.6) is 0 Å². The molecular weight excluding hydrogens is 250 g/mol. The number of benzene rings is 1. The molecule has 1 fully saturated rings. The van der Waals surface area contributed by atoms with Crippen molar-refractivity contribution in [1.82, 2.24) is 9.69 Å². The third kappa shape index (κ3) is 1.93. The van der Waals surface area contributed by atoms with Gasteiger partial charge in [-0.15, -0.1) is 0 Å². The van der Waals surface area contributed by atoms with E-state index in [0.29, 0.717) is 13.1 Å². The number of aliphatic carboxylic acids is 1. The summed E-state index contributed by atoms with van der Waals surface area (Å²) in [6.45, 7) is 1.92. The molecule has 1 aromatic carbocycles. The molecule has 0 amide bonds. The Hall–Kier alpha value is -1.66. The SMILES string of the molecule is O=C(O)C1CN(c2nsc3ccccc23)CCN1. The van der Waals surface area contributed by atoms with Crippen LogP contribution in [0.25, 0.3) is 10.1 Å². The molecule has 1 unspecified atom stereocenters. The Morgan fingerprint density at radius 3 is 3.17 bits per heavy atom. The van der Waals surface area contributed by atoms with E-state index in [9.17, 15) is 4.79 Å². The lowest BCUT2D eigenvalue weighted by Crippen LogP contribution is -2.54. The molecule has 0 radical (unpaired) electrons. The number of hydrogen-bond donors (Lipinski definition) is 2. The van der Waals surface area contributed by atoms with Gasteiger partial charge in [-0.1, -0.05) is 12.1 Å². The second-order valence-electron chi connectivity index (χ2n) is 4.29. The predicted molar refractivity (Wildman–Crippen MR) is 71.3 cm³/mol. The first kappa shape index (κ1) is 11.4. The van der Waals surface area contributed by atoms with Crippen molar-refractivity contribution in [2.45, 2.75) is 6.04 Å². The zero-order valence-corrected chi connectivity index (χ0v) is 10.5. The molecule has 5 nitrogen and oxygen atoms in total. The number of rotatable bonds is 2. The van der Waals surface area contributed by atoms with Gasteiger partial charge in [0.2, 0.25) is 0 Å². The van der Waals surface area contributed by atoms with E-state index in [0.717, 1.165) is 22.4 Å². The summed E-state index contributed by atoms with van der Waals surface area (Å²) in [6.07, 6.45) is 0. The highest BCUT2D eigenvalue weighted by atomic mass is 32.1. The van der Waals surface area contributed by atoms with Crippen LogP contribution < -0.4 is 10.2 Å². The summed E-state index contributed by atoms with van der Waals surface area (Å²) in [4.78, 5) is 13.1. The molecule has 1 aromatic heterocycles. The molecule has 0 spiro atoms. The van der Waals surface area contributed by atoms with Gasteiger partial charge in [0, 0.05) is 25.0 Å². The van der Waals surface area contributed by atoms with Crippen molar-refractivity contribution < 1.29 is 9.90 Å². The maximum absolute atomic E-state index is 11.0. The normalized spacial score (nSPS) is 20.2. The fourth-order valence-corrected chi connectivity index (χ4v) is 3.00. The molecule has 2 N–H and O–H groups in total. The minimum absolute atomic E-state index is 0.461. The first-order chi connectivity index (χ1) is 8.75. The molecule has 6 heteroatoms. The number of nitrogens with one attached hydrogen (secondary N) is 1. The number of carboxylic acid groups (broad SMARTS) is 1. The Labute approximate surface area is 108 Å². The van der Waals surface area contributed by atoms with E-state index in [-0.39, 0.29) is 0 Å². The van der Waals surface area contributed by atoms with Gasteiger partial charge in [-0.3, -0.25) is 4.79 Å². The smallest absolute Gasteiger partial charge is 0.322 e. The van der Waals surface area contributed by atoms with E-state index in [1.54, 1.807) is 0 Å². The van der Waals surface area contributed by atoms with Crippen molar-refractivity contribution in [3.63, 3.8) is 0 Å². The van der Waals surface area contributed by atoms with Crippen LogP contribution in [0.15, 0.2) is 24.3 Å². The number of aromatic nitrogens is 1. The van der Waals surface area contributed by atoms with Gasteiger partial charge >= 0.3 is 5.97 Å². The van der Waals surface area contributed by atoms with E-state index in [1.165, 1.54) is 11.5 Å². The highest BCUT2D eigenvalue weighted by Gasteiger charge is 2.26. The monoisotopic (exact) mass is 263 g/mol. The van der Waals surface area contributed by atoms with Gasteiger partial charge in [-0.05, 0) is 23.7 Å². The van der Waals surface area contributed by atoms with Crippen LogP contribution in [0.4, 0.5) is 5.82 Å². The lowest BCUT2D eigenvalue weighted by atomic mass is 10.2. The number of anilines is 1. The van der Waals surface area contributed by atoms with E-state index in [2.05, 4.69) is 9.69 Å². The van der Waals surface area contributed by atoms with Crippen molar-refractivity contribution in [1.29, 1.82) is 0 Å². The summed E-state index contributed by atoms with van der Waals surface area (Å²) in [5.74, 6) is 0.0996. The van der Waals surface area contributed by atoms with Crippen molar-refractivity contribution in [3.05, 3.63) is 24.3 Å². The fraction of sp³-hybridized carbons (Fsp3) is 0.333. The van der Waals surface area contributed by atoms with E-state index in [4.69, 9.17) is 5.11 Å². The second kappa shape index (κ2) is 4.55. The molecule has 3 rings (SSSR count). The standard InChI is InChI=1S/C12H13N3O2S/c16-12(17)9-7-15(6-5-13-9)11-8-3-1-2-4-10(8)18-14-11/h1-4,9,13H,5-7H2,(H,16,17). The average molecular weight is 263 g/mol. The van der Waals surface area contributed by atoms with E-state index in [1.807, 2.05) is 29.2 Å². The summed E-state index contributed by atoms with van der Waals surface area (Å²) >= 11 is 1.46. The van der Waals surface area contributed by atoms with Crippen LogP contribution >= 0.6 is 11.5 Å². The number of piperazine rings is 1. The zero-order chi connectivity index (χ0) is 12.5. The van der Waals surface area contributed by atoms with E-state index >= 15 is 0 Å². The Morgan fingerprint density at radius 1 is 1.50 bits per heavy atom. The first-order valence-corrected chi connectivity index (χ1v) is 6.58. The second-order valence-corrected chi connectivity index (χ2v) is 5.10. The van der Waals surface area contributed by atoms with Gasteiger partial charge < -0.3 is 15.3 Å². The summed E-state index contributed by atoms with van der Waals surface area (Å²) in [5, 5.41) is 13.2. The highest BCUT2D eigenvalue weighted by molar-refractivity contribution is 7.13. The van der Waals surface area contributed by atoms with Crippen LogP contribution in [-0.2, 0) is 4.79 Å². The Morgan fingerprint density at radius 2 is 2.33 bits per heavy atom. The van der Waals surface area contributed by atoms with Crippen molar-refractivity contribution in [3.8, 4) is 0 Å². The number of fused-ring (bicyclic) bond motifs is 1. The highest BCUT2D eigenvalue weighted by Crippen LogP contribution is 2.29. The zero-order valence-electron chi connectivity index (χ0n) is 9.67. The molecule has 94 valence electrons. The molecule has 0 bridgehead atoms. The Kier molecular flexibility index (Phi) is 2.89. The molecule has 1 atom stereocenters. The topological polar surface area (TPSA) is 65.5 Å². The molecule has 1 aliphatic heterocycles. The van der Waals surface area contributed by atoms with Crippen LogP contribution in [0.3, 0.4) is 0 Å². The summed E-state index contributed by atoms with van der Waals surface area (Å²) in [5.41, 5.74) is 0. The van der Waals surface area contributed by atoms with Gasteiger partial charge in [0.1, 0.15) is 11.9 Å². The summed E-state index contributed by atoms with van der Waals surface area (Å²) in [7, 11) is 0. The minimum Gasteiger partial charge on any atom is -0.480 e. The number of hydrogen-bond acceptors (Lipinski definition) is 5. The van der Waals surface area contributed by atoms with Crippen LogP contribution in [-0.4, -0.2) is 41.1 Å². The Bertz CT molecular complexity index is 583. The number of carbonyl (C=O) groups is 1. The quantitative estimate of drug-likeness (QED) is 0.851. The Balaban J connectivity index is 1.92. The van der Waals surface area contributed by atoms with Crippen LogP contribution in [0, 0.1) is 0 Å². The van der Waals surface area contributed by atoms with Crippen molar-refractivity contribution in [2.24, 2.45) is 0 Å².